The SMILES string of the molecule is [2H]C([2H])(I)C([2H])([2H])C([2H])([2H])C([2H])([2H])Oc1ccc2c(c1)NC(=O)CC2. The van der Waals surface area contributed by atoms with Gasteiger partial charge < -0.3 is 10.1 Å². The number of rotatable bonds is 5. The van der Waals surface area contributed by atoms with E-state index < -0.39 is 23.7 Å². The number of amides is 1. The number of hydrogen-bond acceptors (Lipinski definition) is 2. The monoisotopic (exact) mass is 353 g/mol. The molecule has 1 aliphatic heterocycles. The average molecular weight is 353 g/mol. The fourth-order valence-corrected chi connectivity index (χ4v) is 1.68. The Kier molecular flexibility index (Phi) is 2.17. The van der Waals surface area contributed by atoms with E-state index >= 15 is 0 Å². The van der Waals surface area contributed by atoms with Gasteiger partial charge in [0.05, 0.1) is 9.30 Å². The van der Waals surface area contributed by atoms with Crippen molar-refractivity contribution in [1.29, 1.82) is 0 Å². The molecule has 0 saturated carbocycles. The maximum atomic E-state index is 11.4. The minimum absolute atomic E-state index is 0.0976. The second kappa shape index (κ2) is 6.23. The van der Waals surface area contributed by atoms with Crippen LogP contribution in [-0.4, -0.2) is 16.8 Å². The number of benzene rings is 1. The van der Waals surface area contributed by atoms with Gasteiger partial charge in [0.15, 0.2) is 0 Å². The van der Waals surface area contributed by atoms with E-state index in [9.17, 15) is 4.79 Å². The van der Waals surface area contributed by atoms with Gasteiger partial charge in [0.1, 0.15) is 5.75 Å². The number of nitrogens with one attached hydrogen (secondary N) is 1. The summed E-state index contributed by atoms with van der Waals surface area (Å²) in [4.78, 5) is 11.4. The summed E-state index contributed by atoms with van der Waals surface area (Å²) in [5, 5.41) is 2.61. The zero-order chi connectivity index (χ0) is 19.3. The number of carbonyl (C=O) groups excluding carboxylic acids is 1. The third-order valence-corrected chi connectivity index (χ3v) is 2.58. The quantitative estimate of drug-likeness (QED) is 0.652. The number of aryl methyl sites for hydroxylation is 1. The second-order valence-electron chi connectivity index (χ2n) is 3.42. The molecule has 0 radical (unpaired) electrons. The first-order valence-corrected chi connectivity index (χ1v) is 6.08. The van der Waals surface area contributed by atoms with Crippen LogP contribution in [0.15, 0.2) is 18.2 Å². The maximum Gasteiger partial charge on any atom is 0.224 e. The predicted molar refractivity (Wildman–Crippen MR) is 77.0 cm³/mol. The Morgan fingerprint density at radius 3 is 3.12 bits per heavy atom. The highest BCUT2D eigenvalue weighted by Crippen LogP contribution is 2.27. The zero-order valence-electron chi connectivity index (χ0n) is 16.8. The van der Waals surface area contributed by atoms with E-state index in [4.69, 9.17) is 15.7 Å². The van der Waals surface area contributed by atoms with E-state index in [1.807, 2.05) is 0 Å². The summed E-state index contributed by atoms with van der Waals surface area (Å²) >= 11 is 1.09. The highest BCUT2D eigenvalue weighted by Gasteiger charge is 2.14. The van der Waals surface area contributed by atoms with Crippen molar-refractivity contribution < 1.29 is 20.5 Å². The molecule has 1 heterocycles. The van der Waals surface area contributed by atoms with Crippen LogP contribution in [-0.2, 0) is 11.2 Å². The molecule has 0 atom stereocenters. The predicted octanol–water partition coefficient (Wildman–Crippen LogP) is 3.17. The van der Waals surface area contributed by atoms with Crippen LogP contribution in [0.4, 0.5) is 5.69 Å². The molecular weight excluding hydrogens is 329 g/mol. The first-order valence-electron chi connectivity index (χ1n) is 9.00. The largest absolute Gasteiger partial charge is 0.494 e. The highest BCUT2D eigenvalue weighted by molar-refractivity contribution is 14.1. The van der Waals surface area contributed by atoms with Crippen LogP contribution in [0.25, 0.3) is 0 Å². The summed E-state index contributed by atoms with van der Waals surface area (Å²) < 4.78 is 64.1. The minimum Gasteiger partial charge on any atom is -0.494 e. The first-order chi connectivity index (χ1) is 11.2. The molecule has 2 rings (SSSR count). The molecule has 0 aliphatic carbocycles. The molecule has 1 aliphatic rings. The van der Waals surface area contributed by atoms with Crippen molar-refractivity contribution in [2.24, 2.45) is 0 Å². The van der Waals surface area contributed by atoms with E-state index in [1.165, 1.54) is 12.1 Å². The second-order valence-corrected chi connectivity index (χ2v) is 3.96. The highest BCUT2D eigenvalue weighted by atomic mass is 127. The number of carbonyl (C=O) groups is 1. The number of halogens is 1. The molecule has 1 aromatic carbocycles. The van der Waals surface area contributed by atoms with E-state index in [0.29, 0.717) is 18.5 Å². The molecule has 0 saturated heterocycles. The van der Waals surface area contributed by atoms with Gasteiger partial charge in [-0.2, -0.15) is 0 Å². The van der Waals surface area contributed by atoms with Crippen molar-refractivity contribution in [3.63, 3.8) is 0 Å². The number of anilines is 1. The van der Waals surface area contributed by atoms with Gasteiger partial charge >= 0.3 is 0 Å². The minimum atomic E-state index is -3.30. The fraction of sp³-hybridized carbons (Fsp3) is 0.462. The molecule has 1 N–H and O–H groups in total. The lowest BCUT2D eigenvalue weighted by atomic mass is 10.0. The number of fused-ring (bicyclic) bond motifs is 1. The van der Waals surface area contributed by atoms with Crippen LogP contribution in [0.2, 0.25) is 0 Å². The van der Waals surface area contributed by atoms with Crippen molar-refractivity contribution in [2.45, 2.75) is 25.6 Å². The Labute approximate surface area is 126 Å². The molecule has 0 bridgehead atoms. The van der Waals surface area contributed by atoms with E-state index in [1.54, 1.807) is 6.07 Å². The van der Waals surface area contributed by atoms with Crippen molar-refractivity contribution in [1.82, 2.24) is 0 Å². The summed E-state index contributed by atoms with van der Waals surface area (Å²) in [5.41, 5.74) is 1.26. The number of ether oxygens (including phenoxy) is 1. The summed E-state index contributed by atoms with van der Waals surface area (Å²) in [7, 11) is 0. The van der Waals surface area contributed by atoms with Gasteiger partial charge in [-0.25, -0.2) is 0 Å². The lowest BCUT2D eigenvalue weighted by Crippen LogP contribution is -2.18. The molecule has 0 unspecified atom stereocenters. The van der Waals surface area contributed by atoms with Gasteiger partial charge in [-0.1, -0.05) is 28.7 Å². The van der Waals surface area contributed by atoms with E-state index in [-0.39, 0.29) is 11.7 Å². The van der Waals surface area contributed by atoms with Gasteiger partial charge in [0.2, 0.25) is 5.91 Å². The Balaban J connectivity index is 2.32. The summed E-state index contributed by atoms with van der Waals surface area (Å²) in [5.74, 6) is -0.294. The molecule has 1 amide bonds. The standard InChI is InChI=1S/C13H16INO2/c14-7-1-2-8-17-11-5-3-10-4-6-13(16)15-12(10)9-11/h3,5,9H,1-2,4,6-8H2,(H,15,16)/i1D2,2D2,7D2,8D2. The summed E-state index contributed by atoms with van der Waals surface area (Å²) in [6.07, 6.45) is -5.62. The lowest BCUT2D eigenvalue weighted by Gasteiger charge is -2.17. The fourth-order valence-electron chi connectivity index (χ4n) is 1.55. The number of hydrogen-bond donors (Lipinski definition) is 1. The molecule has 4 heteroatoms. The van der Waals surface area contributed by atoms with E-state index in [0.717, 1.165) is 28.2 Å². The Hall–Kier alpha value is -0.780. The van der Waals surface area contributed by atoms with Crippen molar-refractivity contribution >= 4 is 34.2 Å². The van der Waals surface area contributed by atoms with Crippen molar-refractivity contribution in [3.8, 4) is 5.75 Å². The molecule has 0 spiro atoms. The van der Waals surface area contributed by atoms with Crippen LogP contribution in [0.3, 0.4) is 0 Å². The maximum absolute atomic E-state index is 11.4. The Morgan fingerprint density at radius 2 is 2.29 bits per heavy atom. The molecule has 92 valence electrons. The first kappa shape index (κ1) is 5.91. The van der Waals surface area contributed by atoms with Crippen molar-refractivity contribution in [2.75, 3.05) is 16.3 Å². The topological polar surface area (TPSA) is 38.3 Å². The third kappa shape index (κ3) is 3.59. The van der Waals surface area contributed by atoms with Crippen LogP contribution in [0.1, 0.15) is 35.7 Å². The molecule has 0 fully saturated rings. The van der Waals surface area contributed by atoms with Crippen LogP contribution in [0, 0.1) is 0 Å². The Morgan fingerprint density at radius 1 is 1.41 bits per heavy atom. The van der Waals surface area contributed by atoms with Gasteiger partial charge in [-0.3, -0.25) is 4.79 Å². The molecule has 17 heavy (non-hydrogen) atoms. The molecule has 1 aromatic rings. The van der Waals surface area contributed by atoms with Crippen LogP contribution >= 0.6 is 22.6 Å². The summed E-state index contributed by atoms with van der Waals surface area (Å²) in [6.45, 7) is -3.16. The average Bonchev–Trinajstić information content (AvgIpc) is 2.44. The van der Waals surface area contributed by atoms with Gasteiger partial charge in [0.25, 0.3) is 0 Å². The van der Waals surface area contributed by atoms with Gasteiger partial charge in [-0.05, 0) is 35.2 Å². The van der Waals surface area contributed by atoms with Gasteiger partial charge in [0, 0.05) is 26.4 Å². The van der Waals surface area contributed by atoms with Gasteiger partial charge in [-0.15, -0.1) is 0 Å². The molecular formula is C13H16INO2. The molecule has 0 aromatic heterocycles. The summed E-state index contributed by atoms with van der Waals surface area (Å²) in [6, 6.07) is 4.36. The molecule has 3 nitrogen and oxygen atoms in total. The lowest BCUT2D eigenvalue weighted by molar-refractivity contribution is -0.116. The third-order valence-electron chi connectivity index (χ3n) is 2.31. The smallest absolute Gasteiger partial charge is 0.224 e. The number of alkyl halides is 1. The normalized spacial score (nSPS) is 24.4. The van der Waals surface area contributed by atoms with Crippen LogP contribution < -0.4 is 10.1 Å². The van der Waals surface area contributed by atoms with Crippen molar-refractivity contribution in [3.05, 3.63) is 23.8 Å². The Bertz CT molecular complexity index is 689. The zero-order valence-corrected chi connectivity index (χ0v) is 11.0. The van der Waals surface area contributed by atoms with Crippen LogP contribution in [0.5, 0.6) is 5.75 Å². The van der Waals surface area contributed by atoms with E-state index in [2.05, 4.69) is 5.32 Å².